The number of anilines is 1. The molecule has 0 bridgehead atoms. The van der Waals surface area contributed by atoms with E-state index in [1.807, 2.05) is 12.1 Å². The van der Waals surface area contributed by atoms with Gasteiger partial charge in [-0.25, -0.2) is 5.43 Å². The highest BCUT2D eigenvalue weighted by Gasteiger charge is 2.09. The molecule has 1 N–H and O–H groups in total. The predicted molar refractivity (Wildman–Crippen MR) is 137 cm³/mol. The fourth-order valence-corrected chi connectivity index (χ4v) is 5.61. The molecule has 9 heteroatoms. The van der Waals surface area contributed by atoms with Crippen molar-refractivity contribution in [3.8, 4) is 0 Å². The topological polar surface area (TPSA) is 70.5 Å². The van der Waals surface area contributed by atoms with E-state index in [1.54, 1.807) is 18.0 Å². The van der Waals surface area contributed by atoms with Gasteiger partial charge in [-0.3, -0.25) is 4.79 Å². The molecule has 0 aliphatic heterocycles. The van der Waals surface area contributed by atoms with E-state index in [0.29, 0.717) is 0 Å². The average molecular weight is 486 g/mol. The number of hydrogen-bond donors (Lipinski definition) is 1. The molecule has 0 atom stereocenters. The Balaban J connectivity index is 1.39. The van der Waals surface area contributed by atoms with E-state index in [-0.39, 0.29) is 11.7 Å². The van der Waals surface area contributed by atoms with Gasteiger partial charge in [-0.15, -0.1) is 10.2 Å². The zero-order valence-corrected chi connectivity index (χ0v) is 20.9. The van der Waals surface area contributed by atoms with Crippen molar-refractivity contribution in [2.45, 2.75) is 35.2 Å². The van der Waals surface area contributed by atoms with Crippen LogP contribution in [0.3, 0.4) is 0 Å². The van der Waals surface area contributed by atoms with Crippen molar-refractivity contribution in [2.24, 2.45) is 5.10 Å². The lowest BCUT2D eigenvalue weighted by molar-refractivity contribution is -0.118. The molecule has 0 aliphatic rings. The van der Waals surface area contributed by atoms with Gasteiger partial charge in [0, 0.05) is 24.5 Å². The minimum absolute atomic E-state index is 0.171. The molecule has 0 saturated carbocycles. The number of hydrogen-bond acceptors (Lipinski definition) is 8. The number of rotatable bonds is 11. The fourth-order valence-electron chi connectivity index (χ4n) is 2.84. The second kappa shape index (κ2) is 12.6. The third-order valence-corrected chi connectivity index (χ3v) is 7.88. The van der Waals surface area contributed by atoms with Gasteiger partial charge >= 0.3 is 0 Å². The molecule has 0 radical (unpaired) electrons. The molecule has 168 valence electrons. The largest absolute Gasteiger partial charge is 0.372 e. The van der Waals surface area contributed by atoms with Crippen LogP contribution in [0.4, 0.5) is 5.69 Å². The summed E-state index contributed by atoms with van der Waals surface area (Å²) in [5.41, 5.74) is 7.20. The van der Waals surface area contributed by atoms with Gasteiger partial charge in [0.25, 0.3) is 5.91 Å². The van der Waals surface area contributed by atoms with E-state index in [0.717, 1.165) is 33.1 Å². The summed E-state index contributed by atoms with van der Waals surface area (Å²) in [6, 6.07) is 16.6. The Morgan fingerprint density at radius 2 is 1.69 bits per heavy atom. The van der Waals surface area contributed by atoms with Crippen LogP contribution in [0.5, 0.6) is 0 Å². The molecule has 1 amide bonds. The molecule has 3 rings (SSSR count). The number of benzene rings is 2. The lowest BCUT2D eigenvalue weighted by atomic mass is 10.2. The summed E-state index contributed by atoms with van der Waals surface area (Å²) in [7, 11) is 0. The van der Waals surface area contributed by atoms with Crippen LogP contribution in [0.2, 0.25) is 0 Å². The quantitative estimate of drug-likeness (QED) is 0.228. The summed E-state index contributed by atoms with van der Waals surface area (Å²) in [6.45, 7) is 8.30. The first-order valence-electron chi connectivity index (χ1n) is 10.4. The van der Waals surface area contributed by atoms with Crippen LogP contribution in [0, 0.1) is 6.92 Å². The zero-order valence-electron chi connectivity index (χ0n) is 18.4. The third kappa shape index (κ3) is 7.65. The Labute approximate surface area is 201 Å². The van der Waals surface area contributed by atoms with Crippen LogP contribution in [-0.2, 0) is 10.5 Å². The molecule has 0 aliphatic carbocycles. The van der Waals surface area contributed by atoms with Crippen molar-refractivity contribution < 1.29 is 4.79 Å². The molecule has 3 aromatic rings. The molecule has 1 aromatic heterocycles. The first-order valence-corrected chi connectivity index (χ1v) is 13.2. The first-order chi connectivity index (χ1) is 15.6. The van der Waals surface area contributed by atoms with Gasteiger partial charge in [-0.1, -0.05) is 76.8 Å². The van der Waals surface area contributed by atoms with Crippen LogP contribution >= 0.6 is 34.9 Å². The summed E-state index contributed by atoms with van der Waals surface area (Å²) in [5.74, 6) is 0.926. The second-order valence-corrected chi connectivity index (χ2v) is 10.4. The molecule has 32 heavy (non-hydrogen) atoms. The molecular formula is C23H27N5OS3. The minimum Gasteiger partial charge on any atom is -0.372 e. The lowest BCUT2D eigenvalue weighted by Gasteiger charge is -2.20. The molecule has 0 saturated heterocycles. The van der Waals surface area contributed by atoms with E-state index < -0.39 is 0 Å². The van der Waals surface area contributed by atoms with Crippen LogP contribution in [0.15, 0.2) is 62.3 Å². The molecule has 2 aromatic carbocycles. The van der Waals surface area contributed by atoms with Crippen molar-refractivity contribution in [3.05, 3.63) is 65.2 Å². The van der Waals surface area contributed by atoms with Crippen molar-refractivity contribution in [3.63, 3.8) is 0 Å². The molecule has 1 heterocycles. The SMILES string of the molecule is CCN(CC)c1ccc(/C=N/NC(=O)CSc2nnc(SCc3ccc(C)cc3)s2)cc1. The summed E-state index contributed by atoms with van der Waals surface area (Å²) in [4.78, 5) is 14.3. The summed E-state index contributed by atoms with van der Waals surface area (Å²) >= 11 is 4.53. The number of hydrazone groups is 1. The number of thioether (sulfide) groups is 2. The Morgan fingerprint density at radius 1 is 1.03 bits per heavy atom. The second-order valence-electron chi connectivity index (χ2n) is 6.95. The zero-order chi connectivity index (χ0) is 22.8. The minimum atomic E-state index is -0.171. The predicted octanol–water partition coefficient (Wildman–Crippen LogP) is 5.23. The van der Waals surface area contributed by atoms with Crippen LogP contribution in [0.25, 0.3) is 0 Å². The van der Waals surface area contributed by atoms with E-state index in [9.17, 15) is 4.79 Å². The monoisotopic (exact) mass is 485 g/mol. The van der Waals surface area contributed by atoms with Gasteiger partial charge in [0.05, 0.1) is 12.0 Å². The normalized spacial score (nSPS) is 11.1. The number of carbonyl (C=O) groups is 1. The Hall–Kier alpha value is -2.36. The number of carbonyl (C=O) groups excluding carboxylic acids is 1. The van der Waals surface area contributed by atoms with Crippen LogP contribution in [0.1, 0.15) is 30.5 Å². The number of amides is 1. The Kier molecular flexibility index (Phi) is 9.58. The summed E-state index contributed by atoms with van der Waals surface area (Å²) in [5, 5.41) is 12.4. The number of nitrogens with one attached hydrogen (secondary N) is 1. The highest BCUT2D eigenvalue weighted by molar-refractivity contribution is 8.03. The van der Waals surface area contributed by atoms with Gasteiger partial charge in [-0.05, 0) is 44.0 Å². The van der Waals surface area contributed by atoms with E-state index >= 15 is 0 Å². The van der Waals surface area contributed by atoms with E-state index in [4.69, 9.17) is 0 Å². The molecule has 0 fully saturated rings. The highest BCUT2D eigenvalue weighted by Crippen LogP contribution is 2.30. The number of aromatic nitrogens is 2. The maximum atomic E-state index is 12.1. The van der Waals surface area contributed by atoms with E-state index in [2.05, 4.69) is 82.8 Å². The van der Waals surface area contributed by atoms with Gasteiger partial charge in [0.1, 0.15) is 0 Å². The maximum absolute atomic E-state index is 12.1. The lowest BCUT2D eigenvalue weighted by Crippen LogP contribution is -2.21. The smallest absolute Gasteiger partial charge is 0.250 e. The Bertz CT molecular complexity index is 1010. The maximum Gasteiger partial charge on any atom is 0.250 e. The standard InChI is InChI=1S/C23H27N5OS3/c1-4-28(5-2)20-12-10-18(11-13-20)14-24-25-21(29)16-31-23-27-26-22(32-23)30-15-19-8-6-17(3)7-9-19/h6-14H,4-5,15-16H2,1-3H3,(H,25,29)/b24-14+. The first kappa shape index (κ1) is 24.3. The van der Waals surface area contributed by atoms with Gasteiger partial charge < -0.3 is 4.90 Å². The van der Waals surface area contributed by atoms with Gasteiger partial charge in [0.15, 0.2) is 8.68 Å². The number of aryl methyl sites for hydroxylation is 1. The van der Waals surface area contributed by atoms with E-state index in [1.165, 1.54) is 39.9 Å². The van der Waals surface area contributed by atoms with Gasteiger partial charge in [0.2, 0.25) is 0 Å². The fraction of sp³-hybridized carbons (Fsp3) is 0.304. The third-order valence-electron chi connectivity index (χ3n) is 4.62. The van der Waals surface area contributed by atoms with Gasteiger partial charge in [-0.2, -0.15) is 5.10 Å². The highest BCUT2D eigenvalue weighted by atomic mass is 32.2. The van der Waals surface area contributed by atoms with Crippen LogP contribution < -0.4 is 10.3 Å². The van der Waals surface area contributed by atoms with Crippen molar-refractivity contribution in [1.29, 1.82) is 0 Å². The number of nitrogens with zero attached hydrogens (tertiary/aromatic N) is 4. The molecule has 0 spiro atoms. The molecule has 0 unspecified atom stereocenters. The summed E-state index contributed by atoms with van der Waals surface area (Å²) in [6.07, 6.45) is 1.65. The van der Waals surface area contributed by atoms with Crippen molar-refractivity contribution in [1.82, 2.24) is 15.6 Å². The van der Waals surface area contributed by atoms with Crippen molar-refractivity contribution in [2.75, 3.05) is 23.7 Å². The average Bonchev–Trinajstić information content (AvgIpc) is 3.27. The van der Waals surface area contributed by atoms with Crippen molar-refractivity contribution >= 4 is 52.7 Å². The summed E-state index contributed by atoms with van der Waals surface area (Å²) < 4.78 is 1.68. The molecule has 6 nitrogen and oxygen atoms in total. The Morgan fingerprint density at radius 3 is 2.34 bits per heavy atom. The van der Waals surface area contributed by atoms with Crippen LogP contribution in [-0.4, -0.2) is 41.2 Å². The molecular weight excluding hydrogens is 458 g/mol.